The Morgan fingerprint density at radius 2 is 1.44 bits per heavy atom. The second-order valence-electron chi connectivity index (χ2n) is 6.72. The number of hydrogen-bond acceptors (Lipinski definition) is 1. The molecule has 0 amide bonds. The van der Waals surface area contributed by atoms with Crippen molar-refractivity contribution in [2.24, 2.45) is 0 Å². The number of aromatic nitrogens is 2. The van der Waals surface area contributed by atoms with Crippen molar-refractivity contribution in [3.8, 4) is 17.1 Å². The van der Waals surface area contributed by atoms with Gasteiger partial charge in [0, 0.05) is 21.7 Å². The summed E-state index contributed by atoms with van der Waals surface area (Å²) < 4.78 is 2.24. The minimum atomic E-state index is 0.727. The maximum absolute atomic E-state index is 6.14. The summed E-state index contributed by atoms with van der Waals surface area (Å²) in [6.45, 7) is 2.14. The average Bonchev–Trinajstić information content (AvgIpc) is 3.09. The number of benzene rings is 4. The summed E-state index contributed by atoms with van der Waals surface area (Å²) in [5, 5.41) is 3.18. The van der Waals surface area contributed by atoms with E-state index in [-0.39, 0.29) is 0 Å². The van der Waals surface area contributed by atoms with Crippen LogP contribution in [0.4, 0.5) is 0 Å². The quantitative estimate of drug-likeness (QED) is 0.334. The van der Waals surface area contributed by atoms with Crippen LogP contribution in [0.5, 0.6) is 0 Å². The Balaban J connectivity index is 1.96. The highest BCUT2D eigenvalue weighted by Crippen LogP contribution is 2.35. The molecule has 1 heterocycles. The highest BCUT2D eigenvalue weighted by atomic mass is 35.5. The summed E-state index contributed by atoms with van der Waals surface area (Å²) in [4.78, 5) is 5.02. The van der Waals surface area contributed by atoms with E-state index in [2.05, 4.69) is 54.0 Å². The van der Waals surface area contributed by atoms with Crippen LogP contribution < -0.4 is 0 Å². The van der Waals surface area contributed by atoms with E-state index in [4.69, 9.17) is 16.6 Å². The van der Waals surface area contributed by atoms with Gasteiger partial charge in [-0.25, -0.2) is 4.98 Å². The van der Waals surface area contributed by atoms with Crippen molar-refractivity contribution in [2.45, 2.75) is 6.92 Å². The number of aryl methyl sites for hydroxylation is 1. The maximum Gasteiger partial charge on any atom is 0.145 e. The third kappa shape index (κ3) is 2.61. The second kappa shape index (κ2) is 6.26. The lowest BCUT2D eigenvalue weighted by Crippen LogP contribution is -1.98. The minimum Gasteiger partial charge on any atom is -0.292 e. The molecule has 0 fully saturated rings. The number of rotatable bonds is 2. The van der Waals surface area contributed by atoms with Gasteiger partial charge in [-0.2, -0.15) is 0 Å². The zero-order chi connectivity index (χ0) is 18.4. The third-order valence-corrected chi connectivity index (χ3v) is 5.23. The van der Waals surface area contributed by atoms with Gasteiger partial charge in [0.15, 0.2) is 0 Å². The van der Waals surface area contributed by atoms with Crippen LogP contribution in [0.2, 0.25) is 5.02 Å². The number of nitrogens with zero attached hydrogens (tertiary/aromatic N) is 2. The highest BCUT2D eigenvalue weighted by Gasteiger charge is 2.17. The van der Waals surface area contributed by atoms with E-state index in [9.17, 15) is 0 Å². The molecule has 3 heteroatoms. The lowest BCUT2D eigenvalue weighted by atomic mass is 10.0. The first-order chi connectivity index (χ1) is 13.2. The molecular weight excluding hydrogens is 352 g/mol. The van der Waals surface area contributed by atoms with Crippen LogP contribution in [0.25, 0.3) is 38.9 Å². The summed E-state index contributed by atoms with van der Waals surface area (Å²) in [5.74, 6) is 0.934. The van der Waals surface area contributed by atoms with E-state index >= 15 is 0 Å². The fraction of sp³-hybridized carbons (Fsp3) is 0.0417. The Bertz CT molecular complexity index is 1270. The van der Waals surface area contributed by atoms with Gasteiger partial charge in [-0.05, 0) is 48.2 Å². The van der Waals surface area contributed by atoms with Gasteiger partial charge < -0.3 is 0 Å². The molecule has 0 radical (unpaired) electrons. The van der Waals surface area contributed by atoms with Crippen LogP contribution in [0.1, 0.15) is 5.56 Å². The Kier molecular flexibility index (Phi) is 3.73. The van der Waals surface area contributed by atoms with Gasteiger partial charge in [-0.3, -0.25) is 4.57 Å². The van der Waals surface area contributed by atoms with Crippen LogP contribution >= 0.6 is 11.6 Å². The van der Waals surface area contributed by atoms with E-state index in [1.807, 2.05) is 42.5 Å². The number of hydrogen-bond donors (Lipinski definition) is 0. The van der Waals surface area contributed by atoms with Crippen LogP contribution in [0.15, 0.2) is 84.9 Å². The van der Waals surface area contributed by atoms with E-state index < -0.39 is 0 Å². The molecule has 0 saturated heterocycles. The highest BCUT2D eigenvalue weighted by molar-refractivity contribution is 6.30. The molecule has 4 aromatic carbocycles. The van der Waals surface area contributed by atoms with Gasteiger partial charge in [0.2, 0.25) is 0 Å². The molecule has 5 rings (SSSR count). The van der Waals surface area contributed by atoms with E-state index in [0.717, 1.165) is 33.1 Å². The molecule has 0 bridgehead atoms. The van der Waals surface area contributed by atoms with E-state index in [1.54, 1.807) is 0 Å². The lowest BCUT2D eigenvalue weighted by molar-refractivity contribution is 1.11. The molecule has 0 saturated carbocycles. The number of imidazole rings is 1. The van der Waals surface area contributed by atoms with Gasteiger partial charge in [0.25, 0.3) is 0 Å². The zero-order valence-corrected chi connectivity index (χ0v) is 15.6. The molecule has 5 aromatic rings. The molecule has 0 atom stereocenters. The number of halogens is 1. The van der Waals surface area contributed by atoms with Crippen molar-refractivity contribution in [1.29, 1.82) is 0 Å². The Morgan fingerprint density at radius 3 is 2.19 bits per heavy atom. The minimum absolute atomic E-state index is 0.727. The van der Waals surface area contributed by atoms with Crippen molar-refractivity contribution in [3.63, 3.8) is 0 Å². The molecular formula is C24H17ClN2. The molecule has 0 unspecified atom stereocenters. The van der Waals surface area contributed by atoms with Crippen molar-refractivity contribution < 1.29 is 0 Å². The van der Waals surface area contributed by atoms with Crippen LogP contribution in [-0.2, 0) is 0 Å². The normalized spacial score (nSPS) is 11.3. The molecule has 27 heavy (non-hydrogen) atoms. The second-order valence-corrected chi connectivity index (χ2v) is 7.16. The van der Waals surface area contributed by atoms with Crippen LogP contribution in [0, 0.1) is 6.92 Å². The summed E-state index contributed by atoms with van der Waals surface area (Å²) in [5.41, 5.74) is 5.50. The van der Waals surface area contributed by atoms with Gasteiger partial charge in [0.05, 0.1) is 11.0 Å². The van der Waals surface area contributed by atoms with Gasteiger partial charge >= 0.3 is 0 Å². The van der Waals surface area contributed by atoms with Crippen molar-refractivity contribution in [1.82, 2.24) is 9.55 Å². The molecule has 2 nitrogen and oxygen atoms in total. The van der Waals surface area contributed by atoms with E-state index in [1.165, 1.54) is 16.3 Å². The first-order valence-corrected chi connectivity index (χ1v) is 9.32. The lowest BCUT2D eigenvalue weighted by Gasteiger charge is -2.12. The molecule has 0 spiro atoms. The molecule has 0 aliphatic rings. The SMILES string of the molecule is Cc1cc2nc(-c3ccccc3)n(-c3ccc(Cl)cc3)c2c2ccccc12. The van der Waals surface area contributed by atoms with Gasteiger partial charge in [0.1, 0.15) is 5.82 Å². The molecule has 130 valence electrons. The molecule has 0 aliphatic heterocycles. The summed E-state index contributed by atoms with van der Waals surface area (Å²) in [6.07, 6.45) is 0. The average molecular weight is 369 g/mol. The van der Waals surface area contributed by atoms with Crippen LogP contribution in [-0.4, -0.2) is 9.55 Å². The van der Waals surface area contributed by atoms with Crippen molar-refractivity contribution >= 4 is 33.4 Å². The first-order valence-electron chi connectivity index (χ1n) is 8.94. The zero-order valence-electron chi connectivity index (χ0n) is 14.9. The monoisotopic (exact) mass is 368 g/mol. The number of fused-ring (bicyclic) bond motifs is 3. The predicted octanol–water partition coefficient (Wildman–Crippen LogP) is 6.81. The topological polar surface area (TPSA) is 17.8 Å². The third-order valence-electron chi connectivity index (χ3n) is 4.98. The smallest absolute Gasteiger partial charge is 0.145 e. The Morgan fingerprint density at radius 1 is 0.778 bits per heavy atom. The van der Waals surface area contributed by atoms with Crippen molar-refractivity contribution in [3.05, 3.63) is 95.5 Å². The fourth-order valence-corrected chi connectivity index (χ4v) is 3.86. The van der Waals surface area contributed by atoms with E-state index in [0.29, 0.717) is 0 Å². The largest absolute Gasteiger partial charge is 0.292 e. The summed E-state index contributed by atoms with van der Waals surface area (Å²) in [6, 6.07) is 29.0. The van der Waals surface area contributed by atoms with Crippen molar-refractivity contribution in [2.75, 3.05) is 0 Å². The predicted molar refractivity (Wildman–Crippen MR) is 114 cm³/mol. The summed E-state index contributed by atoms with van der Waals surface area (Å²) in [7, 11) is 0. The standard InChI is InChI=1S/C24H17ClN2/c1-16-15-22-23(21-10-6-5-9-20(16)21)27(19-13-11-18(25)12-14-19)24(26-22)17-7-3-2-4-8-17/h2-15H,1H3. The maximum atomic E-state index is 6.14. The molecule has 0 aliphatic carbocycles. The summed E-state index contributed by atoms with van der Waals surface area (Å²) >= 11 is 6.14. The Labute approximate surface area is 162 Å². The van der Waals surface area contributed by atoms with Gasteiger partial charge in [-0.1, -0.05) is 66.2 Å². The van der Waals surface area contributed by atoms with Crippen LogP contribution in [0.3, 0.4) is 0 Å². The van der Waals surface area contributed by atoms with Gasteiger partial charge in [-0.15, -0.1) is 0 Å². The molecule has 0 N–H and O–H groups in total. The first kappa shape index (κ1) is 16.1. The molecule has 1 aromatic heterocycles. The Hall–Kier alpha value is -3.10. The fourth-order valence-electron chi connectivity index (χ4n) is 3.74.